The Balaban J connectivity index is 2.55. The Hall–Kier alpha value is -1.57. The Labute approximate surface area is 77.3 Å². The number of pyridine rings is 1. The third kappa shape index (κ3) is 1.15. The lowest BCUT2D eigenvalue weighted by Gasteiger charge is -1.95. The first kappa shape index (κ1) is 8.05. The molecule has 0 atom stereocenters. The first-order chi connectivity index (χ1) is 6.22. The van der Waals surface area contributed by atoms with E-state index in [0.29, 0.717) is 5.92 Å². The van der Waals surface area contributed by atoms with Gasteiger partial charge < -0.3 is 0 Å². The molecule has 1 aliphatic rings. The summed E-state index contributed by atoms with van der Waals surface area (Å²) >= 11 is 0. The summed E-state index contributed by atoms with van der Waals surface area (Å²) in [5, 5.41) is 0. The van der Waals surface area contributed by atoms with Crippen molar-refractivity contribution in [2.24, 2.45) is 0 Å². The van der Waals surface area contributed by atoms with Gasteiger partial charge in [-0.2, -0.15) is 0 Å². The number of hydrogen-bond acceptors (Lipinski definition) is 2. The number of carbonyl (C=O) groups excluding carboxylic acids is 1. The summed E-state index contributed by atoms with van der Waals surface area (Å²) in [6.45, 7) is 5.76. The predicted octanol–water partition coefficient (Wildman–Crippen LogP) is 1.62. The number of nitrogens with zero attached hydrogens (tertiary/aromatic N) is 1. The molecule has 0 fully saturated rings. The van der Waals surface area contributed by atoms with Gasteiger partial charge in [0.15, 0.2) is 5.69 Å². The molecule has 1 aromatic rings. The summed E-state index contributed by atoms with van der Waals surface area (Å²) in [4.78, 5) is 15.1. The maximum atomic E-state index is 10.8. The highest BCUT2D eigenvalue weighted by Gasteiger charge is 2.35. The average Bonchev–Trinajstić information content (AvgIpc) is 2.40. The van der Waals surface area contributed by atoms with Crippen molar-refractivity contribution < 1.29 is 4.79 Å². The molecule has 2 rings (SSSR count). The highest BCUT2D eigenvalue weighted by molar-refractivity contribution is 5.84. The van der Waals surface area contributed by atoms with Crippen molar-refractivity contribution in [2.45, 2.75) is 13.3 Å². The van der Waals surface area contributed by atoms with E-state index in [2.05, 4.69) is 11.6 Å². The minimum atomic E-state index is 0.665. The smallest absolute Gasteiger partial charge is 0.208 e. The normalized spacial score (nSPS) is 14.5. The minimum absolute atomic E-state index is 0.665. The van der Waals surface area contributed by atoms with Gasteiger partial charge in [0.25, 0.3) is 0 Å². The van der Waals surface area contributed by atoms with Gasteiger partial charge in [-0.15, -0.1) is 0 Å². The number of allylic oxidation sites excluding steroid dienone is 1. The molecule has 0 bridgehead atoms. The van der Waals surface area contributed by atoms with Gasteiger partial charge in [-0.25, -0.2) is 4.98 Å². The molecule has 0 radical (unpaired) electrons. The van der Waals surface area contributed by atoms with Gasteiger partial charge in [0, 0.05) is 11.8 Å². The van der Waals surface area contributed by atoms with E-state index in [1.807, 2.05) is 19.1 Å². The van der Waals surface area contributed by atoms with E-state index in [1.54, 1.807) is 0 Å². The summed E-state index contributed by atoms with van der Waals surface area (Å²) < 4.78 is 0. The minimum Gasteiger partial charge on any atom is -0.282 e. The fourth-order valence-electron chi connectivity index (χ4n) is 1.59. The zero-order valence-electron chi connectivity index (χ0n) is 7.50. The number of fused-ring (bicyclic) bond motifs is 1. The van der Waals surface area contributed by atoms with Gasteiger partial charge in [-0.3, -0.25) is 4.79 Å². The molecular weight excluding hydrogens is 162 g/mol. The van der Waals surface area contributed by atoms with Crippen LogP contribution in [0.3, 0.4) is 0 Å². The summed E-state index contributed by atoms with van der Waals surface area (Å²) in [6.07, 6.45) is 1.61. The van der Waals surface area contributed by atoms with Crippen LogP contribution < -0.4 is 0 Å². The number of hydrogen-bond donors (Lipinski definition) is 0. The van der Waals surface area contributed by atoms with Crippen molar-refractivity contribution in [3.8, 4) is 0 Å². The molecular formula is C11H10NO+. The van der Waals surface area contributed by atoms with Crippen molar-refractivity contribution in [2.75, 3.05) is 0 Å². The fraction of sp³-hybridized carbons (Fsp3) is 0.182. The van der Waals surface area contributed by atoms with Crippen LogP contribution in [0.4, 0.5) is 0 Å². The Morgan fingerprint density at radius 1 is 1.62 bits per heavy atom. The number of aromatic nitrogens is 1. The highest BCUT2D eigenvalue weighted by Crippen LogP contribution is 2.32. The molecule has 0 unspecified atom stereocenters. The van der Waals surface area contributed by atoms with E-state index in [0.717, 1.165) is 35.2 Å². The summed E-state index contributed by atoms with van der Waals surface area (Å²) in [5.41, 5.74) is 3.74. The van der Waals surface area contributed by atoms with Crippen LogP contribution in [0.1, 0.15) is 17.0 Å². The van der Waals surface area contributed by atoms with Gasteiger partial charge in [-0.1, -0.05) is 0 Å². The molecule has 0 amide bonds. The van der Waals surface area contributed by atoms with E-state index in [4.69, 9.17) is 0 Å². The zero-order valence-corrected chi connectivity index (χ0v) is 7.50. The van der Waals surface area contributed by atoms with Crippen molar-refractivity contribution in [3.63, 3.8) is 0 Å². The Kier molecular flexibility index (Phi) is 1.69. The fourth-order valence-corrected chi connectivity index (χ4v) is 1.59. The van der Waals surface area contributed by atoms with Gasteiger partial charge >= 0.3 is 0 Å². The van der Waals surface area contributed by atoms with Gasteiger partial charge in [0.05, 0.1) is 17.6 Å². The van der Waals surface area contributed by atoms with Crippen molar-refractivity contribution in [3.05, 3.63) is 47.2 Å². The van der Waals surface area contributed by atoms with E-state index in [-0.39, 0.29) is 0 Å². The first-order valence-electron chi connectivity index (χ1n) is 4.19. The van der Waals surface area contributed by atoms with Crippen LogP contribution in [0.15, 0.2) is 24.3 Å². The maximum absolute atomic E-state index is 10.8. The van der Waals surface area contributed by atoms with Crippen LogP contribution in [0.25, 0.3) is 0 Å². The molecule has 13 heavy (non-hydrogen) atoms. The molecule has 0 N–H and O–H groups in total. The largest absolute Gasteiger partial charge is 0.282 e. The lowest BCUT2D eigenvalue weighted by Crippen LogP contribution is -2.01. The van der Waals surface area contributed by atoms with Crippen molar-refractivity contribution >= 4 is 6.29 Å². The summed E-state index contributed by atoms with van der Waals surface area (Å²) in [5.74, 6) is 0.665. The topological polar surface area (TPSA) is 30.0 Å². The van der Waals surface area contributed by atoms with Crippen LogP contribution in [-0.4, -0.2) is 11.3 Å². The third-order valence-electron chi connectivity index (χ3n) is 2.28. The maximum Gasteiger partial charge on any atom is 0.208 e. The van der Waals surface area contributed by atoms with Crippen molar-refractivity contribution in [1.29, 1.82) is 0 Å². The van der Waals surface area contributed by atoms with E-state index >= 15 is 0 Å². The van der Waals surface area contributed by atoms with Crippen LogP contribution in [0, 0.1) is 12.8 Å². The summed E-state index contributed by atoms with van der Waals surface area (Å²) in [6, 6.07) is 3.97. The molecule has 0 saturated carbocycles. The molecule has 0 spiro atoms. The molecule has 2 nitrogen and oxygen atoms in total. The van der Waals surface area contributed by atoms with Crippen LogP contribution in [0.5, 0.6) is 0 Å². The van der Waals surface area contributed by atoms with E-state index in [9.17, 15) is 4.79 Å². The molecule has 0 aromatic carbocycles. The highest BCUT2D eigenvalue weighted by atomic mass is 16.1. The number of carbonyl (C=O) groups is 1. The van der Waals surface area contributed by atoms with E-state index < -0.39 is 0 Å². The average molecular weight is 172 g/mol. The monoisotopic (exact) mass is 172 g/mol. The van der Waals surface area contributed by atoms with Crippen LogP contribution >= 0.6 is 0 Å². The van der Waals surface area contributed by atoms with Crippen LogP contribution in [-0.2, 0) is 11.2 Å². The molecule has 1 aromatic heterocycles. The van der Waals surface area contributed by atoms with Gasteiger partial charge in [0.1, 0.15) is 5.92 Å². The van der Waals surface area contributed by atoms with Gasteiger partial charge in [-0.05, 0) is 19.6 Å². The number of aldehydes is 1. The predicted molar refractivity (Wildman–Crippen MR) is 50.2 cm³/mol. The second kappa shape index (κ2) is 2.73. The standard InChI is InChI=1S/C11H10NO/c1-7-5-9-4-3-8(2)12-11(9)10(7)6-13/h3-4,6H,1,5H2,2H3/q+1. The second-order valence-electron chi connectivity index (χ2n) is 3.27. The quantitative estimate of drug-likeness (QED) is 0.476. The molecule has 64 valence electrons. The van der Waals surface area contributed by atoms with Crippen molar-refractivity contribution in [1.82, 2.24) is 4.98 Å². The Morgan fingerprint density at radius 2 is 2.38 bits per heavy atom. The first-order valence-corrected chi connectivity index (χ1v) is 4.19. The molecule has 0 saturated heterocycles. The summed E-state index contributed by atoms with van der Waals surface area (Å²) in [7, 11) is 0. The lowest BCUT2D eigenvalue weighted by atomic mass is 10.1. The van der Waals surface area contributed by atoms with Gasteiger partial charge in [0.2, 0.25) is 6.29 Å². The lowest BCUT2D eigenvalue weighted by molar-refractivity contribution is -0.105. The van der Waals surface area contributed by atoms with Crippen LogP contribution in [0.2, 0.25) is 0 Å². The SMILES string of the molecule is C=C1Cc2ccc(C)nc2[C+]1C=O. The van der Waals surface area contributed by atoms with E-state index in [1.165, 1.54) is 0 Å². The molecule has 1 aliphatic carbocycles. The Morgan fingerprint density at radius 3 is 3.08 bits per heavy atom. The third-order valence-corrected chi connectivity index (χ3v) is 2.28. The Bertz CT molecular complexity index is 382. The second-order valence-corrected chi connectivity index (χ2v) is 3.27. The number of rotatable bonds is 1. The molecule has 2 heteroatoms. The zero-order chi connectivity index (χ0) is 9.42. The molecule has 1 heterocycles. The molecule has 0 aliphatic heterocycles. The number of aryl methyl sites for hydroxylation is 1.